The zero-order valence-electron chi connectivity index (χ0n) is 18.7. The molecule has 0 aliphatic rings. The molecular formula is C24H30BrN3O3S. The van der Waals surface area contributed by atoms with E-state index >= 15 is 0 Å². The van der Waals surface area contributed by atoms with Crippen molar-refractivity contribution in [3.8, 4) is 5.75 Å². The molecule has 32 heavy (non-hydrogen) atoms. The van der Waals surface area contributed by atoms with Gasteiger partial charge in [0, 0.05) is 22.9 Å². The number of amides is 2. The van der Waals surface area contributed by atoms with Gasteiger partial charge in [0.05, 0.1) is 11.1 Å². The van der Waals surface area contributed by atoms with E-state index in [4.69, 9.17) is 17.0 Å². The molecule has 0 radical (unpaired) electrons. The van der Waals surface area contributed by atoms with Gasteiger partial charge in [-0.3, -0.25) is 14.9 Å². The number of rotatable bonds is 10. The van der Waals surface area contributed by atoms with Crippen LogP contribution in [0.5, 0.6) is 5.75 Å². The van der Waals surface area contributed by atoms with Crippen LogP contribution in [0.3, 0.4) is 0 Å². The molecule has 0 bridgehead atoms. The molecule has 0 aliphatic heterocycles. The van der Waals surface area contributed by atoms with Crippen molar-refractivity contribution in [1.29, 1.82) is 0 Å². The smallest absolute Gasteiger partial charge is 0.257 e. The third-order valence-corrected chi connectivity index (χ3v) is 5.41. The SMILES string of the molecule is CCCCCCOc1ccc(C(=O)NC(=S)Nc2cccc(NC(=O)C(C)C)c2)cc1Br. The molecule has 6 nitrogen and oxygen atoms in total. The zero-order chi connectivity index (χ0) is 23.5. The van der Waals surface area contributed by atoms with Crippen molar-refractivity contribution in [2.75, 3.05) is 17.2 Å². The van der Waals surface area contributed by atoms with Crippen LogP contribution in [0.25, 0.3) is 0 Å². The third kappa shape index (κ3) is 8.59. The minimum Gasteiger partial charge on any atom is -0.492 e. The Labute approximate surface area is 203 Å². The van der Waals surface area contributed by atoms with Crippen LogP contribution in [0.2, 0.25) is 0 Å². The van der Waals surface area contributed by atoms with E-state index in [-0.39, 0.29) is 22.8 Å². The molecule has 2 rings (SSSR count). The predicted molar refractivity (Wildman–Crippen MR) is 137 cm³/mol. The maximum absolute atomic E-state index is 12.6. The lowest BCUT2D eigenvalue weighted by Gasteiger charge is -2.13. The molecule has 2 aromatic rings. The van der Waals surface area contributed by atoms with Crippen molar-refractivity contribution < 1.29 is 14.3 Å². The number of anilines is 2. The minimum absolute atomic E-state index is 0.0722. The Morgan fingerprint density at radius 3 is 2.41 bits per heavy atom. The molecule has 0 saturated carbocycles. The lowest BCUT2D eigenvalue weighted by molar-refractivity contribution is -0.118. The second-order valence-electron chi connectivity index (χ2n) is 7.69. The molecule has 0 atom stereocenters. The van der Waals surface area contributed by atoms with Gasteiger partial charge in [0.1, 0.15) is 5.75 Å². The van der Waals surface area contributed by atoms with Crippen LogP contribution >= 0.6 is 28.1 Å². The number of ether oxygens (including phenoxy) is 1. The quantitative estimate of drug-likeness (QED) is 0.260. The van der Waals surface area contributed by atoms with E-state index in [1.54, 1.807) is 42.5 Å². The molecule has 0 fully saturated rings. The number of nitrogens with one attached hydrogen (secondary N) is 3. The zero-order valence-corrected chi connectivity index (χ0v) is 21.1. The number of hydrogen-bond donors (Lipinski definition) is 3. The number of hydrogen-bond acceptors (Lipinski definition) is 4. The molecule has 0 spiro atoms. The summed E-state index contributed by atoms with van der Waals surface area (Å²) >= 11 is 8.74. The van der Waals surface area contributed by atoms with Gasteiger partial charge in [-0.2, -0.15) is 0 Å². The van der Waals surface area contributed by atoms with Crippen LogP contribution in [0, 0.1) is 5.92 Å². The fourth-order valence-electron chi connectivity index (χ4n) is 2.77. The number of halogens is 1. The molecule has 0 saturated heterocycles. The normalized spacial score (nSPS) is 10.5. The van der Waals surface area contributed by atoms with Gasteiger partial charge in [-0.15, -0.1) is 0 Å². The first-order valence-electron chi connectivity index (χ1n) is 10.8. The molecule has 0 aliphatic carbocycles. The third-order valence-electron chi connectivity index (χ3n) is 4.59. The summed E-state index contributed by atoms with van der Waals surface area (Å²) in [6.07, 6.45) is 4.54. The van der Waals surface area contributed by atoms with Crippen molar-refractivity contribution in [2.24, 2.45) is 5.92 Å². The van der Waals surface area contributed by atoms with Gasteiger partial charge in [0.2, 0.25) is 5.91 Å². The van der Waals surface area contributed by atoms with Gasteiger partial charge < -0.3 is 15.4 Å². The minimum atomic E-state index is -0.332. The lowest BCUT2D eigenvalue weighted by Crippen LogP contribution is -2.34. The van der Waals surface area contributed by atoms with Crippen molar-refractivity contribution in [1.82, 2.24) is 5.32 Å². The van der Waals surface area contributed by atoms with E-state index in [0.717, 1.165) is 12.8 Å². The van der Waals surface area contributed by atoms with Gasteiger partial charge in [-0.1, -0.05) is 46.1 Å². The van der Waals surface area contributed by atoms with Crippen molar-refractivity contribution in [3.63, 3.8) is 0 Å². The Balaban J connectivity index is 1.90. The fraction of sp³-hybridized carbons (Fsp3) is 0.375. The largest absolute Gasteiger partial charge is 0.492 e. The molecule has 0 unspecified atom stereocenters. The molecule has 3 N–H and O–H groups in total. The molecule has 2 amide bonds. The highest BCUT2D eigenvalue weighted by Crippen LogP contribution is 2.26. The number of thiocarbonyl (C=S) groups is 1. The molecule has 2 aromatic carbocycles. The summed E-state index contributed by atoms with van der Waals surface area (Å²) in [6.45, 7) is 6.47. The Morgan fingerprint density at radius 1 is 1.03 bits per heavy atom. The van der Waals surface area contributed by atoms with E-state index in [1.165, 1.54) is 12.8 Å². The van der Waals surface area contributed by atoms with Crippen molar-refractivity contribution in [3.05, 3.63) is 52.5 Å². The Kier molecular flexibility index (Phi) is 10.6. The highest BCUT2D eigenvalue weighted by molar-refractivity contribution is 9.10. The summed E-state index contributed by atoms with van der Waals surface area (Å²) in [4.78, 5) is 24.4. The van der Waals surface area contributed by atoms with Crippen LogP contribution in [-0.4, -0.2) is 23.5 Å². The summed E-state index contributed by atoms with van der Waals surface area (Å²) in [5, 5.41) is 8.63. The van der Waals surface area contributed by atoms with Crippen LogP contribution in [-0.2, 0) is 4.79 Å². The number of unbranched alkanes of at least 4 members (excludes halogenated alkanes) is 3. The Morgan fingerprint density at radius 2 is 1.75 bits per heavy atom. The summed E-state index contributed by atoms with van der Waals surface area (Å²) in [5.41, 5.74) is 1.76. The summed E-state index contributed by atoms with van der Waals surface area (Å²) < 4.78 is 6.50. The molecular weight excluding hydrogens is 490 g/mol. The van der Waals surface area contributed by atoms with E-state index in [9.17, 15) is 9.59 Å². The second kappa shape index (κ2) is 13.2. The highest BCUT2D eigenvalue weighted by atomic mass is 79.9. The predicted octanol–water partition coefficient (Wildman–Crippen LogP) is 6.13. The fourth-order valence-corrected chi connectivity index (χ4v) is 3.47. The van der Waals surface area contributed by atoms with Gasteiger partial charge in [-0.05, 0) is 71.0 Å². The highest BCUT2D eigenvalue weighted by Gasteiger charge is 2.12. The first-order valence-corrected chi connectivity index (χ1v) is 12.0. The average Bonchev–Trinajstić information content (AvgIpc) is 2.74. The van der Waals surface area contributed by atoms with Gasteiger partial charge in [0.15, 0.2) is 5.11 Å². The summed E-state index contributed by atoms with van der Waals surface area (Å²) in [5.74, 6) is 0.183. The van der Waals surface area contributed by atoms with Crippen molar-refractivity contribution >= 4 is 56.4 Å². The number of carbonyl (C=O) groups excluding carboxylic acids is 2. The summed E-state index contributed by atoms with van der Waals surface area (Å²) in [6, 6.07) is 12.3. The maximum atomic E-state index is 12.6. The summed E-state index contributed by atoms with van der Waals surface area (Å²) in [7, 11) is 0. The first-order chi connectivity index (χ1) is 15.3. The molecule has 8 heteroatoms. The van der Waals surface area contributed by atoms with E-state index in [1.807, 2.05) is 13.8 Å². The second-order valence-corrected chi connectivity index (χ2v) is 8.95. The molecule has 0 aromatic heterocycles. The Hall–Kier alpha value is -2.45. The Bertz CT molecular complexity index is 950. The van der Waals surface area contributed by atoms with Crippen LogP contribution < -0.4 is 20.7 Å². The van der Waals surface area contributed by atoms with Gasteiger partial charge in [0.25, 0.3) is 5.91 Å². The van der Waals surface area contributed by atoms with Gasteiger partial charge >= 0.3 is 0 Å². The van der Waals surface area contributed by atoms with Crippen LogP contribution in [0.15, 0.2) is 46.9 Å². The monoisotopic (exact) mass is 519 g/mol. The van der Waals surface area contributed by atoms with E-state index in [0.29, 0.717) is 33.8 Å². The van der Waals surface area contributed by atoms with Crippen LogP contribution in [0.1, 0.15) is 56.8 Å². The lowest BCUT2D eigenvalue weighted by atomic mass is 10.2. The number of benzene rings is 2. The van der Waals surface area contributed by atoms with Crippen LogP contribution in [0.4, 0.5) is 11.4 Å². The topological polar surface area (TPSA) is 79.5 Å². The standard InChI is InChI=1S/C24H30BrN3O3S/c1-4-5-6-7-13-31-21-12-11-17(14-20(21)25)23(30)28-24(32)27-19-10-8-9-18(15-19)26-22(29)16(2)3/h8-12,14-16H,4-7,13H2,1-3H3,(H,26,29)(H2,27,28,30,32). The van der Waals surface area contributed by atoms with E-state index < -0.39 is 0 Å². The van der Waals surface area contributed by atoms with Gasteiger partial charge in [-0.25, -0.2) is 0 Å². The van der Waals surface area contributed by atoms with Crippen molar-refractivity contribution in [2.45, 2.75) is 46.5 Å². The number of carbonyl (C=O) groups is 2. The molecule has 172 valence electrons. The molecule has 0 heterocycles. The first kappa shape index (κ1) is 25.8. The maximum Gasteiger partial charge on any atom is 0.257 e. The average molecular weight is 520 g/mol. The van der Waals surface area contributed by atoms with E-state index in [2.05, 4.69) is 38.8 Å².